The van der Waals surface area contributed by atoms with Gasteiger partial charge in [-0.15, -0.1) is 0 Å². The van der Waals surface area contributed by atoms with E-state index in [1.807, 2.05) is 30.3 Å². The fourth-order valence-corrected chi connectivity index (χ4v) is 3.30. The fourth-order valence-electron chi connectivity index (χ4n) is 3.30. The zero-order valence-corrected chi connectivity index (χ0v) is 13.1. The van der Waals surface area contributed by atoms with Gasteiger partial charge in [-0.25, -0.2) is 0 Å². The van der Waals surface area contributed by atoms with E-state index in [-0.39, 0.29) is 42.4 Å². The minimum absolute atomic E-state index is 0.0639. The monoisotopic (exact) mass is 312 g/mol. The molecule has 5 nitrogen and oxygen atoms in total. The molecule has 3 amide bonds. The first-order chi connectivity index (χ1) is 11.1. The number of nitrogens with zero attached hydrogens (tertiary/aromatic N) is 1. The molecule has 0 spiro atoms. The summed E-state index contributed by atoms with van der Waals surface area (Å²) in [5, 5.41) is 0.884. The molecule has 2 unspecified atom stereocenters. The Hall–Kier alpha value is -2.43. The molecule has 2 aliphatic rings. The lowest BCUT2D eigenvalue weighted by molar-refractivity contribution is -0.149. The van der Waals surface area contributed by atoms with E-state index >= 15 is 0 Å². The van der Waals surface area contributed by atoms with E-state index in [9.17, 15) is 14.4 Å². The summed E-state index contributed by atoms with van der Waals surface area (Å²) in [5.41, 5.74) is 4.90. The van der Waals surface area contributed by atoms with Crippen LogP contribution in [0.25, 0.3) is 0 Å². The average Bonchev–Trinajstić information content (AvgIpc) is 2.87. The Morgan fingerprint density at radius 1 is 1.13 bits per heavy atom. The Bertz CT molecular complexity index is 650. The molecule has 23 heavy (non-hydrogen) atoms. The van der Waals surface area contributed by atoms with Crippen LogP contribution in [0.15, 0.2) is 42.0 Å². The molecule has 0 radical (unpaired) electrons. The van der Waals surface area contributed by atoms with Crippen molar-refractivity contribution in [1.82, 2.24) is 10.4 Å². The molecule has 1 N–H and O–H groups in total. The smallest absolute Gasteiger partial charge is 0.248 e. The summed E-state index contributed by atoms with van der Waals surface area (Å²) < 4.78 is 0. The lowest BCUT2D eigenvalue weighted by Crippen LogP contribution is -2.49. The van der Waals surface area contributed by atoms with E-state index in [0.717, 1.165) is 17.0 Å². The van der Waals surface area contributed by atoms with Gasteiger partial charge in [-0.3, -0.25) is 19.8 Å². The van der Waals surface area contributed by atoms with Crippen LogP contribution in [0.4, 0.5) is 0 Å². The molecule has 5 heteroatoms. The minimum Gasteiger partial charge on any atom is -0.273 e. The topological polar surface area (TPSA) is 66.5 Å². The van der Waals surface area contributed by atoms with Crippen molar-refractivity contribution in [1.29, 1.82) is 0 Å². The molecule has 1 aromatic carbocycles. The number of carbonyl (C=O) groups excluding carboxylic acids is 3. The van der Waals surface area contributed by atoms with Crippen LogP contribution >= 0.6 is 0 Å². The van der Waals surface area contributed by atoms with Gasteiger partial charge in [-0.05, 0) is 31.2 Å². The van der Waals surface area contributed by atoms with Crippen molar-refractivity contribution in [2.45, 2.75) is 38.5 Å². The van der Waals surface area contributed by atoms with Crippen molar-refractivity contribution >= 4 is 17.7 Å². The van der Waals surface area contributed by atoms with Gasteiger partial charge in [-0.1, -0.05) is 42.0 Å². The highest BCUT2D eigenvalue weighted by Gasteiger charge is 2.36. The Balaban J connectivity index is 1.80. The Morgan fingerprint density at radius 2 is 1.78 bits per heavy atom. The van der Waals surface area contributed by atoms with E-state index in [2.05, 4.69) is 18.4 Å². The van der Waals surface area contributed by atoms with Crippen molar-refractivity contribution in [2.24, 2.45) is 5.92 Å². The van der Waals surface area contributed by atoms with Gasteiger partial charge in [0.25, 0.3) is 0 Å². The van der Waals surface area contributed by atoms with Gasteiger partial charge in [0.2, 0.25) is 17.7 Å². The highest BCUT2D eigenvalue weighted by atomic mass is 16.2. The summed E-state index contributed by atoms with van der Waals surface area (Å²) in [5.74, 6) is -1.13. The summed E-state index contributed by atoms with van der Waals surface area (Å²) in [7, 11) is 0. The maximum absolute atomic E-state index is 12.6. The molecular weight excluding hydrogens is 292 g/mol. The SMILES string of the molecule is CC1=CCC(C(=O)NN2C(=O)CCC2=O)C(c2ccccc2)C1. The zero-order chi connectivity index (χ0) is 16.4. The second kappa shape index (κ2) is 6.36. The molecule has 2 atom stereocenters. The van der Waals surface area contributed by atoms with Gasteiger partial charge in [-0.2, -0.15) is 5.01 Å². The quantitative estimate of drug-likeness (QED) is 0.688. The molecule has 1 saturated heterocycles. The van der Waals surface area contributed by atoms with Crippen molar-refractivity contribution in [3.8, 4) is 0 Å². The second-order valence-electron chi connectivity index (χ2n) is 6.21. The summed E-state index contributed by atoms with van der Waals surface area (Å²) in [6.45, 7) is 2.07. The molecule has 1 fully saturated rings. The van der Waals surface area contributed by atoms with Crippen molar-refractivity contribution in [3.63, 3.8) is 0 Å². The molecule has 1 heterocycles. The van der Waals surface area contributed by atoms with Crippen LogP contribution < -0.4 is 5.43 Å². The molecule has 1 aliphatic heterocycles. The normalized spacial score (nSPS) is 24.6. The number of imide groups is 1. The average molecular weight is 312 g/mol. The molecule has 1 aliphatic carbocycles. The minimum atomic E-state index is -0.331. The number of allylic oxidation sites excluding steroid dienone is 2. The second-order valence-corrected chi connectivity index (χ2v) is 6.21. The fraction of sp³-hybridized carbons (Fsp3) is 0.389. The van der Waals surface area contributed by atoms with E-state index in [1.165, 1.54) is 5.57 Å². The van der Waals surface area contributed by atoms with Gasteiger partial charge in [0.05, 0.1) is 5.92 Å². The largest absolute Gasteiger partial charge is 0.273 e. The lowest BCUT2D eigenvalue weighted by atomic mass is 9.75. The van der Waals surface area contributed by atoms with Crippen LogP contribution in [0, 0.1) is 5.92 Å². The molecule has 0 aromatic heterocycles. The Morgan fingerprint density at radius 3 is 2.43 bits per heavy atom. The lowest BCUT2D eigenvalue weighted by Gasteiger charge is -2.31. The zero-order valence-electron chi connectivity index (χ0n) is 13.1. The maximum atomic E-state index is 12.6. The number of amides is 3. The maximum Gasteiger partial charge on any atom is 0.248 e. The molecular formula is C18H20N2O3. The van der Waals surface area contributed by atoms with Crippen LogP contribution in [-0.4, -0.2) is 22.7 Å². The Labute approximate surface area is 135 Å². The van der Waals surface area contributed by atoms with Gasteiger partial charge in [0.15, 0.2) is 0 Å². The van der Waals surface area contributed by atoms with Crippen molar-refractivity contribution in [3.05, 3.63) is 47.5 Å². The van der Waals surface area contributed by atoms with E-state index in [1.54, 1.807) is 0 Å². The number of nitrogens with one attached hydrogen (secondary N) is 1. The van der Waals surface area contributed by atoms with Crippen LogP contribution in [0.5, 0.6) is 0 Å². The number of rotatable bonds is 3. The predicted molar refractivity (Wildman–Crippen MR) is 84.9 cm³/mol. The summed E-state index contributed by atoms with van der Waals surface area (Å²) >= 11 is 0. The molecule has 120 valence electrons. The van der Waals surface area contributed by atoms with Gasteiger partial charge >= 0.3 is 0 Å². The van der Waals surface area contributed by atoms with E-state index in [4.69, 9.17) is 0 Å². The first-order valence-corrected chi connectivity index (χ1v) is 7.93. The molecule has 3 rings (SSSR count). The number of benzene rings is 1. The number of hydrogen-bond acceptors (Lipinski definition) is 3. The standard InChI is InChI=1S/C18H20N2O3/c1-12-7-8-14(15(11-12)13-5-3-2-4-6-13)18(23)19-20-16(21)9-10-17(20)22/h2-7,14-15H,8-11H2,1H3,(H,19,23). The predicted octanol–water partition coefficient (Wildman–Crippen LogP) is 2.31. The van der Waals surface area contributed by atoms with Gasteiger partial charge in [0.1, 0.15) is 0 Å². The number of hydrazine groups is 1. The number of hydrogen-bond donors (Lipinski definition) is 1. The van der Waals surface area contributed by atoms with Gasteiger partial charge in [0, 0.05) is 12.8 Å². The summed E-state index contributed by atoms with van der Waals surface area (Å²) in [4.78, 5) is 36.0. The Kier molecular flexibility index (Phi) is 4.28. The van der Waals surface area contributed by atoms with Crippen LogP contribution in [0.2, 0.25) is 0 Å². The van der Waals surface area contributed by atoms with E-state index < -0.39 is 0 Å². The molecule has 0 saturated carbocycles. The van der Waals surface area contributed by atoms with Crippen LogP contribution in [0.3, 0.4) is 0 Å². The highest BCUT2D eigenvalue weighted by Crippen LogP contribution is 2.37. The summed E-state index contributed by atoms with van der Waals surface area (Å²) in [6.07, 6.45) is 3.84. The first-order valence-electron chi connectivity index (χ1n) is 7.93. The van der Waals surface area contributed by atoms with Crippen LogP contribution in [-0.2, 0) is 14.4 Å². The number of carbonyl (C=O) groups is 3. The summed E-state index contributed by atoms with van der Waals surface area (Å²) in [6, 6.07) is 9.92. The molecule has 0 bridgehead atoms. The van der Waals surface area contributed by atoms with Crippen molar-refractivity contribution < 1.29 is 14.4 Å². The third kappa shape index (κ3) is 3.18. The van der Waals surface area contributed by atoms with E-state index in [0.29, 0.717) is 6.42 Å². The third-order valence-electron chi connectivity index (χ3n) is 4.59. The highest BCUT2D eigenvalue weighted by molar-refractivity contribution is 6.03. The van der Waals surface area contributed by atoms with Gasteiger partial charge < -0.3 is 0 Å². The first kappa shape index (κ1) is 15.5. The van der Waals surface area contributed by atoms with Crippen LogP contribution in [0.1, 0.15) is 44.1 Å². The molecule has 1 aromatic rings. The van der Waals surface area contributed by atoms with Crippen molar-refractivity contribution in [2.75, 3.05) is 0 Å². The third-order valence-corrected chi connectivity index (χ3v) is 4.59.